The first-order valence-electron chi connectivity index (χ1n) is 7.08. The lowest BCUT2D eigenvalue weighted by Crippen LogP contribution is -2.38. The van der Waals surface area contributed by atoms with E-state index in [0.717, 1.165) is 0 Å². The first kappa shape index (κ1) is 15.2. The van der Waals surface area contributed by atoms with Gasteiger partial charge in [0.25, 0.3) is 5.91 Å². The Hall–Kier alpha value is -2.74. The van der Waals surface area contributed by atoms with E-state index in [2.05, 4.69) is 15.7 Å². The highest BCUT2D eigenvalue weighted by atomic mass is 32.1. The van der Waals surface area contributed by atoms with Crippen molar-refractivity contribution >= 4 is 17.2 Å². The standard InChI is InChI=1S/C15H15N5O2S/c1-11(16-14(21)13-8-5-9-23-13)10-19-15(22)20(18-17-19)12-6-3-2-4-7-12/h2-9,11H,10H2,1H3,(H,16,21)/t11-/m0/s1. The minimum atomic E-state index is -0.339. The average molecular weight is 329 g/mol. The fraction of sp³-hybridized carbons (Fsp3) is 0.200. The fourth-order valence-electron chi connectivity index (χ4n) is 2.13. The third-order valence-corrected chi connectivity index (χ3v) is 4.08. The van der Waals surface area contributed by atoms with Crippen LogP contribution in [0.5, 0.6) is 0 Å². The third-order valence-electron chi connectivity index (χ3n) is 3.21. The maximum Gasteiger partial charge on any atom is 0.368 e. The second kappa shape index (κ2) is 6.57. The fourth-order valence-corrected chi connectivity index (χ4v) is 2.75. The molecular weight excluding hydrogens is 314 g/mol. The van der Waals surface area contributed by atoms with Gasteiger partial charge in [-0.1, -0.05) is 24.3 Å². The summed E-state index contributed by atoms with van der Waals surface area (Å²) in [6.07, 6.45) is 0. The van der Waals surface area contributed by atoms with Crippen LogP contribution in [0, 0.1) is 0 Å². The molecule has 118 valence electrons. The van der Waals surface area contributed by atoms with Gasteiger partial charge < -0.3 is 5.32 Å². The second-order valence-electron chi connectivity index (χ2n) is 5.04. The largest absolute Gasteiger partial charge is 0.368 e. The number of carbonyl (C=O) groups is 1. The van der Waals surface area contributed by atoms with Crippen molar-refractivity contribution in [1.82, 2.24) is 25.1 Å². The Morgan fingerprint density at radius 1 is 1.22 bits per heavy atom. The molecule has 8 heteroatoms. The van der Waals surface area contributed by atoms with Gasteiger partial charge >= 0.3 is 5.69 Å². The molecule has 3 aromatic rings. The summed E-state index contributed by atoms with van der Waals surface area (Å²) in [5, 5.41) is 12.4. The summed E-state index contributed by atoms with van der Waals surface area (Å²) in [4.78, 5) is 24.9. The maximum absolute atomic E-state index is 12.3. The Labute approximate surface area is 136 Å². The predicted molar refractivity (Wildman–Crippen MR) is 86.9 cm³/mol. The molecule has 0 saturated carbocycles. The molecule has 2 heterocycles. The number of hydrogen-bond acceptors (Lipinski definition) is 5. The molecule has 1 N–H and O–H groups in total. The molecule has 2 aromatic heterocycles. The van der Waals surface area contributed by atoms with Crippen LogP contribution in [0.15, 0.2) is 52.6 Å². The van der Waals surface area contributed by atoms with E-state index < -0.39 is 0 Å². The highest BCUT2D eigenvalue weighted by molar-refractivity contribution is 7.12. The van der Waals surface area contributed by atoms with Crippen molar-refractivity contribution in [2.24, 2.45) is 0 Å². The van der Waals surface area contributed by atoms with E-state index in [9.17, 15) is 9.59 Å². The number of benzene rings is 1. The molecule has 0 fully saturated rings. The summed E-state index contributed by atoms with van der Waals surface area (Å²) in [6.45, 7) is 2.07. The zero-order chi connectivity index (χ0) is 16.2. The van der Waals surface area contributed by atoms with Gasteiger partial charge in [-0.25, -0.2) is 4.79 Å². The van der Waals surface area contributed by atoms with Crippen LogP contribution in [0.2, 0.25) is 0 Å². The molecule has 7 nitrogen and oxygen atoms in total. The van der Waals surface area contributed by atoms with Crippen molar-refractivity contribution in [2.45, 2.75) is 19.5 Å². The lowest BCUT2D eigenvalue weighted by atomic mass is 10.3. The molecule has 0 unspecified atom stereocenters. The van der Waals surface area contributed by atoms with Crippen LogP contribution >= 0.6 is 11.3 Å². The van der Waals surface area contributed by atoms with Gasteiger partial charge in [0.15, 0.2) is 0 Å². The highest BCUT2D eigenvalue weighted by Gasteiger charge is 2.14. The van der Waals surface area contributed by atoms with E-state index in [1.165, 1.54) is 20.7 Å². The van der Waals surface area contributed by atoms with E-state index in [0.29, 0.717) is 10.6 Å². The van der Waals surface area contributed by atoms with Crippen LogP contribution in [0.1, 0.15) is 16.6 Å². The molecule has 0 aliphatic heterocycles. The van der Waals surface area contributed by atoms with Crippen LogP contribution < -0.4 is 11.0 Å². The van der Waals surface area contributed by atoms with E-state index >= 15 is 0 Å². The molecule has 0 bridgehead atoms. The van der Waals surface area contributed by atoms with Crippen LogP contribution in [0.25, 0.3) is 5.69 Å². The number of para-hydroxylation sites is 1. The van der Waals surface area contributed by atoms with Crippen molar-refractivity contribution in [3.63, 3.8) is 0 Å². The molecule has 0 aliphatic carbocycles. The zero-order valence-electron chi connectivity index (χ0n) is 12.4. The number of rotatable bonds is 5. The molecule has 0 aliphatic rings. The molecule has 0 radical (unpaired) electrons. The summed E-state index contributed by atoms with van der Waals surface area (Å²) in [6, 6.07) is 12.4. The van der Waals surface area contributed by atoms with Crippen molar-refractivity contribution in [1.29, 1.82) is 0 Å². The first-order valence-corrected chi connectivity index (χ1v) is 7.96. The van der Waals surface area contributed by atoms with Crippen molar-refractivity contribution in [2.75, 3.05) is 0 Å². The van der Waals surface area contributed by atoms with Gasteiger partial charge in [0.05, 0.1) is 17.1 Å². The van der Waals surface area contributed by atoms with E-state index in [4.69, 9.17) is 0 Å². The zero-order valence-corrected chi connectivity index (χ0v) is 13.2. The summed E-state index contributed by atoms with van der Waals surface area (Å²) >= 11 is 1.37. The minimum Gasteiger partial charge on any atom is -0.347 e. The van der Waals surface area contributed by atoms with Crippen LogP contribution in [-0.2, 0) is 6.54 Å². The van der Waals surface area contributed by atoms with Gasteiger partial charge in [0, 0.05) is 6.04 Å². The van der Waals surface area contributed by atoms with Gasteiger partial charge in [-0.2, -0.15) is 9.36 Å². The molecule has 23 heavy (non-hydrogen) atoms. The van der Waals surface area contributed by atoms with Gasteiger partial charge in [0.1, 0.15) is 0 Å². The Morgan fingerprint density at radius 2 is 2.00 bits per heavy atom. The molecule has 1 amide bonds. The van der Waals surface area contributed by atoms with Crippen LogP contribution in [0.3, 0.4) is 0 Å². The smallest absolute Gasteiger partial charge is 0.347 e. The van der Waals surface area contributed by atoms with E-state index in [1.54, 1.807) is 18.2 Å². The topological polar surface area (TPSA) is 81.8 Å². The monoisotopic (exact) mass is 329 g/mol. The Kier molecular flexibility index (Phi) is 4.33. The number of hydrogen-bond donors (Lipinski definition) is 1. The summed E-state index contributed by atoms with van der Waals surface area (Å²) in [5.74, 6) is -0.156. The minimum absolute atomic E-state index is 0.156. The lowest BCUT2D eigenvalue weighted by molar-refractivity contribution is 0.0939. The Bertz CT molecular complexity index is 838. The molecule has 1 aromatic carbocycles. The number of nitrogens with zero attached hydrogens (tertiary/aromatic N) is 4. The van der Waals surface area contributed by atoms with E-state index in [1.807, 2.05) is 36.6 Å². The van der Waals surface area contributed by atoms with Crippen LogP contribution in [-0.4, -0.2) is 31.7 Å². The maximum atomic E-state index is 12.3. The quantitative estimate of drug-likeness (QED) is 0.765. The highest BCUT2D eigenvalue weighted by Crippen LogP contribution is 2.08. The van der Waals surface area contributed by atoms with Crippen molar-refractivity contribution in [3.05, 3.63) is 63.2 Å². The number of aromatic nitrogens is 4. The van der Waals surface area contributed by atoms with Gasteiger partial charge in [-0.15, -0.1) is 11.3 Å². The molecule has 1 atom stereocenters. The molecule has 3 rings (SSSR count). The average Bonchev–Trinajstić information content (AvgIpc) is 3.19. The van der Waals surface area contributed by atoms with Gasteiger partial charge in [-0.3, -0.25) is 4.79 Å². The number of tetrazole rings is 1. The number of thiophene rings is 1. The SMILES string of the molecule is C[C@@H](Cn1nnn(-c2ccccc2)c1=O)NC(=O)c1cccs1. The number of nitrogens with one attached hydrogen (secondary N) is 1. The molecule has 0 saturated heterocycles. The molecular formula is C15H15N5O2S. The first-order chi connectivity index (χ1) is 11.1. The summed E-state index contributed by atoms with van der Waals surface area (Å²) in [5.41, 5.74) is 0.312. The van der Waals surface area contributed by atoms with E-state index in [-0.39, 0.29) is 24.2 Å². The Morgan fingerprint density at radius 3 is 2.70 bits per heavy atom. The van der Waals surface area contributed by atoms with Crippen molar-refractivity contribution in [3.8, 4) is 5.69 Å². The van der Waals surface area contributed by atoms with Gasteiger partial charge in [0.2, 0.25) is 0 Å². The molecule has 0 spiro atoms. The summed E-state index contributed by atoms with van der Waals surface area (Å²) < 4.78 is 2.47. The van der Waals surface area contributed by atoms with Gasteiger partial charge in [-0.05, 0) is 40.9 Å². The Balaban J connectivity index is 1.70. The van der Waals surface area contributed by atoms with Crippen LogP contribution in [0.4, 0.5) is 0 Å². The second-order valence-corrected chi connectivity index (χ2v) is 5.99. The third kappa shape index (κ3) is 3.37. The summed E-state index contributed by atoms with van der Waals surface area (Å²) in [7, 11) is 0. The number of carbonyl (C=O) groups excluding carboxylic acids is 1. The lowest BCUT2D eigenvalue weighted by Gasteiger charge is -2.11. The number of amides is 1. The van der Waals surface area contributed by atoms with Crippen molar-refractivity contribution < 1.29 is 4.79 Å². The predicted octanol–water partition coefficient (Wildman–Crippen LogP) is 1.31. The normalized spacial score (nSPS) is 12.0.